The highest BCUT2D eigenvalue weighted by atomic mass is 32.1. The van der Waals surface area contributed by atoms with E-state index in [0.717, 1.165) is 16.2 Å². The minimum Gasteiger partial charge on any atom is -0.486 e. The number of nitrogens with zero attached hydrogens (tertiary/aromatic N) is 2. The molecule has 7 nitrogen and oxygen atoms in total. The van der Waals surface area contributed by atoms with Crippen molar-refractivity contribution in [3.05, 3.63) is 46.0 Å². The van der Waals surface area contributed by atoms with Gasteiger partial charge in [-0.15, -0.1) is 11.3 Å². The van der Waals surface area contributed by atoms with Gasteiger partial charge in [-0.2, -0.15) is 5.10 Å². The highest BCUT2D eigenvalue weighted by molar-refractivity contribution is 7.71. The molecule has 1 aliphatic heterocycles. The minimum atomic E-state index is -0.511. The van der Waals surface area contributed by atoms with Gasteiger partial charge in [0.2, 0.25) is 5.91 Å². The first-order valence-electron chi connectivity index (χ1n) is 8.95. The van der Waals surface area contributed by atoms with Crippen molar-refractivity contribution in [3.63, 3.8) is 0 Å². The lowest BCUT2D eigenvalue weighted by Crippen LogP contribution is -2.33. The second kappa shape index (κ2) is 7.76. The number of ether oxygens (including phenoxy) is 2. The van der Waals surface area contributed by atoms with Crippen molar-refractivity contribution in [2.24, 2.45) is 0 Å². The predicted molar refractivity (Wildman–Crippen MR) is 109 cm³/mol. The summed E-state index contributed by atoms with van der Waals surface area (Å²) in [5, 5.41) is 12.1. The second-order valence-electron chi connectivity index (χ2n) is 6.51. The molecule has 0 saturated heterocycles. The van der Waals surface area contributed by atoms with Gasteiger partial charge in [-0.1, -0.05) is 12.1 Å². The molecule has 9 heteroatoms. The van der Waals surface area contributed by atoms with E-state index in [0.29, 0.717) is 29.6 Å². The molecule has 2 atom stereocenters. The standard InChI is InChI=1S/C19H20N4O3S2/c1-11(13-5-6-14-15(10-13)26-8-7-25-14)20-18(24)12(2)23-17(21-22-19(23)27)16-4-3-9-28-16/h3-6,9-12H,7-8H2,1-2H3,(H,20,24)(H,22,27). The molecule has 1 aromatic carbocycles. The van der Waals surface area contributed by atoms with Gasteiger partial charge in [0.15, 0.2) is 22.1 Å². The summed E-state index contributed by atoms with van der Waals surface area (Å²) < 4.78 is 13.3. The van der Waals surface area contributed by atoms with Crippen LogP contribution in [0.5, 0.6) is 11.5 Å². The van der Waals surface area contributed by atoms with Crippen LogP contribution in [0.15, 0.2) is 35.7 Å². The van der Waals surface area contributed by atoms with Gasteiger partial charge < -0.3 is 14.8 Å². The quantitative estimate of drug-likeness (QED) is 0.617. The van der Waals surface area contributed by atoms with E-state index in [2.05, 4.69) is 15.5 Å². The fraction of sp³-hybridized carbons (Fsp3) is 0.316. The van der Waals surface area contributed by atoms with E-state index in [-0.39, 0.29) is 11.9 Å². The van der Waals surface area contributed by atoms with Crippen molar-refractivity contribution in [1.82, 2.24) is 20.1 Å². The summed E-state index contributed by atoms with van der Waals surface area (Å²) in [5.74, 6) is 1.95. The van der Waals surface area contributed by atoms with Gasteiger partial charge in [-0.05, 0) is 55.2 Å². The molecule has 3 heterocycles. The SMILES string of the molecule is CC(NC(=O)C(C)n1c(-c2cccs2)n[nH]c1=S)c1ccc2c(c1)OCCO2. The van der Waals surface area contributed by atoms with Crippen LogP contribution < -0.4 is 14.8 Å². The number of carbonyl (C=O) groups is 1. The first-order valence-corrected chi connectivity index (χ1v) is 10.2. The Morgan fingerprint density at radius 1 is 1.29 bits per heavy atom. The third-order valence-electron chi connectivity index (χ3n) is 4.64. The first kappa shape index (κ1) is 18.7. The summed E-state index contributed by atoms with van der Waals surface area (Å²) in [6.45, 7) is 4.83. The largest absolute Gasteiger partial charge is 0.486 e. The zero-order chi connectivity index (χ0) is 19.7. The van der Waals surface area contributed by atoms with Crippen LogP contribution in [-0.4, -0.2) is 33.9 Å². The molecule has 0 fully saturated rings. The number of rotatable bonds is 5. The Bertz CT molecular complexity index is 1040. The molecule has 146 valence electrons. The lowest BCUT2D eigenvalue weighted by atomic mass is 10.1. The maximum Gasteiger partial charge on any atom is 0.243 e. The first-order chi connectivity index (χ1) is 13.5. The molecule has 0 saturated carbocycles. The number of nitrogens with one attached hydrogen (secondary N) is 2. The van der Waals surface area contributed by atoms with E-state index in [1.165, 1.54) is 0 Å². The van der Waals surface area contributed by atoms with Crippen LogP contribution in [0.4, 0.5) is 0 Å². The minimum absolute atomic E-state index is 0.141. The number of carbonyl (C=O) groups excluding carboxylic acids is 1. The molecule has 2 unspecified atom stereocenters. The molecule has 0 radical (unpaired) electrons. The Hall–Kier alpha value is -2.65. The smallest absolute Gasteiger partial charge is 0.243 e. The average molecular weight is 417 g/mol. The van der Waals surface area contributed by atoms with Crippen molar-refractivity contribution in [1.29, 1.82) is 0 Å². The van der Waals surface area contributed by atoms with Crippen LogP contribution in [0, 0.1) is 4.77 Å². The van der Waals surface area contributed by atoms with Crippen LogP contribution in [0.3, 0.4) is 0 Å². The molecule has 0 spiro atoms. The number of hydrogen-bond acceptors (Lipinski definition) is 6. The average Bonchev–Trinajstić information content (AvgIpc) is 3.36. The topological polar surface area (TPSA) is 81.2 Å². The Morgan fingerprint density at radius 3 is 2.82 bits per heavy atom. The Kier molecular flexibility index (Phi) is 5.19. The number of aromatic nitrogens is 3. The zero-order valence-corrected chi connectivity index (χ0v) is 17.1. The van der Waals surface area contributed by atoms with Gasteiger partial charge in [0.25, 0.3) is 0 Å². The Balaban J connectivity index is 1.53. The molecule has 28 heavy (non-hydrogen) atoms. The molecule has 1 aliphatic rings. The number of H-pyrrole nitrogens is 1. The van der Waals surface area contributed by atoms with Gasteiger partial charge in [-0.3, -0.25) is 14.5 Å². The fourth-order valence-corrected chi connectivity index (χ4v) is 4.11. The Labute approximate surface area is 171 Å². The monoisotopic (exact) mass is 416 g/mol. The van der Waals surface area contributed by atoms with Gasteiger partial charge in [0.1, 0.15) is 19.3 Å². The molecular formula is C19H20N4O3S2. The maximum atomic E-state index is 12.9. The normalized spacial score (nSPS) is 15.1. The molecule has 1 amide bonds. The number of aromatic amines is 1. The van der Waals surface area contributed by atoms with Crippen LogP contribution in [0.1, 0.15) is 31.5 Å². The van der Waals surface area contributed by atoms with Crippen LogP contribution in [0.25, 0.3) is 10.7 Å². The number of amides is 1. The molecule has 2 N–H and O–H groups in total. The zero-order valence-electron chi connectivity index (χ0n) is 15.5. The van der Waals surface area contributed by atoms with E-state index in [9.17, 15) is 4.79 Å². The molecule has 2 aromatic heterocycles. The van der Waals surface area contributed by atoms with Crippen molar-refractivity contribution < 1.29 is 14.3 Å². The summed E-state index contributed by atoms with van der Waals surface area (Å²) in [4.78, 5) is 13.9. The number of hydrogen-bond donors (Lipinski definition) is 2. The summed E-state index contributed by atoms with van der Waals surface area (Å²) in [6, 6.07) is 8.90. The van der Waals surface area contributed by atoms with E-state index in [4.69, 9.17) is 21.7 Å². The van der Waals surface area contributed by atoms with E-state index in [1.54, 1.807) is 15.9 Å². The fourth-order valence-electron chi connectivity index (χ4n) is 3.11. The molecule has 4 rings (SSSR count). The summed E-state index contributed by atoms with van der Waals surface area (Å²) in [5.41, 5.74) is 0.944. The summed E-state index contributed by atoms with van der Waals surface area (Å²) in [7, 11) is 0. The Morgan fingerprint density at radius 2 is 2.07 bits per heavy atom. The number of fused-ring (bicyclic) bond motifs is 1. The van der Waals surface area contributed by atoms with Crippen molar-refractivity contribution in [3.8, 4) is 22.2 Å². The van der Waals surface area contributed by atoms with Gasteiger partial charge in [0, 0.05) is 0 Å². The number of thiophene rings is 1. The number of benzene rings is 1. The van der Waals surface area contributed by atoms with E-state index >= 15 is 0 Å². The lowest BCUT2D eigenvalue weighted by molar-refractivity contribution is -0.124. The van der Waals surface area contributed by atoms with Crippen LogP contribution in [-0.2, 0) is 4.79 Å². The van der Waals surface area contributed by atoms with Crippen LogP contribution >= 0.6 is 23.6 Å². The molecule has 0 aliphatic carbocycles. The highest BCUT2D eigenvalue weighted by Crippen LogP contribution is 2.33. The van der Waals surface area contributed by atoms with Crippen molar-refractivity contribution in [2.45, 2.75) is 25.9 Å². The molecule has 3 aromatic rings. The predicted octanol–water partition coefficient (Wildman–Crippen LogP) is 3.88. The van der Waals surface area contributed by atoms with Gasteiger partial charge in [0.05, 0.1) is 10.9 Å². The third-order valence-corrected chi connectivity index (χ3v) is 5.79. The van der Waals surface area contributed by atoms with Gasteiger partial charge >= 0.3 is 0 Å². The van der Waals surface area contributed by atoms with Crippen molar-refractivity contribution >= 4 is 29.5 Å². The maximum absolute atomic E-state index is 12.9. The van der Waals surface area contributed by atoms with Gasteiger partial charge in [-0.25, -0.2) is 0 Å². The molecule has 0 bridgehead atoms. The summed E-state index contributed by atoms with van der Waals surface area (Å²) >= 11 is 6.90. The second-order valence-corrected chi connectivity index (χ2v) is 7.84. The summed E-state index contributed by atoms with van der Waals surface area (Å²) in [6.07, 6.45) is 0. The van der Waals surface area contributed by atoms with E-state index < -0.39 is 6.04 Å². The van der Waals surface area contributed by atoms with E-state index in [1.807, 2.05) is 49.6 Å². The lowest BCUT2D eigenvalue weighted by Gasteiger charge is -2.22. The third kappa shape index (κ3) is 3.55. The highest BCUT2D eigenvalue weighted by Gasteiger charge is 2.23. The van der Waals surface area contributed by atoms with Crippen molar-refractivity contribution in [2.75, 3.05) is 13.2 Å². The van der Waals surface area contributed by atoms with Crippen LogP contribution in [0.2, 0.25) is 0 Å². The molecular weight excluding hydrogens is 396 g/mol.